The van der Waals surface area contributed by atoms with Crippen molar-refractivity contribution >= 4 is 21.4 Å². The fraction of sp³-hybridized carbons (Fsp3) is 0.200. The van der Waals surface area contributed by atoms with Crippen LogP contribution in [0, 0.1) is 13.8 Å². The average Bonchev–Trinajstić information content (AvgIpc) is 2.41. The summed E-state index contributed by atoms with van der Waals surface area (Å²) in [6, 6.07) is 6.01. The van der Waals surface area contributed by atoms with E-state index in [1.165, 1.54) is 32.5 Å². The predicted molar refractivity (Wildman–Crippen MR) is 53.0 cm³/mol. The fourth-order valence-electron chi connectivity index (χ4n) is 1.38. The number of aromatic hydroxyl groups is 1. The molecule has 0 spiro atoms. The Balaban J connectivity index is 2.93. The van der Waals surface area contributed by atoms with Gasteiger partial charge >= 0.3 is 0 Å². The number of hydrogen-bond donors (Lipinski definition) is 1. The second-order valence-electron chi connectivity index (χ2n) is 3.03. The number of thiophene rings is 1. The first-order chi connectivity index (χ1) is 5.68. The zero-order valence-electron chi connectivity index (χ0n) is 7.09. The molecule has 0 bridgehead atoms. The third kappa shape index (κ3) is 0.994. The van der Waals surface area contributed by atoms with Gasteiger partial charge in [-0.3, -0.25) is 0 Å². The van der Waals surface area contributed by atoms with Crippen LogP contribution in [0.25, 0.3) is 10.1 Å². The maximum Gasteiger partial charge on any atom is 0.172 e. The van der Waals surface area contributed by atoms with Crippen molar-refractivity contribution in [2.45, 2.75) is 13.8 Å². The molecule has 1 aromatic carbocycles. The molecule has 1 N–H and O–H groups in total. The molecule has 0 amide bonds. The highest BCUT2D eigenvalue weighted by Crippen LogP contribution is 2.34. The van der Waals surface area contributed by atoms with E-state index in [1.807, 2.05) is 6.07 Å². The third-order valence-corrected chi connectivity index (χ3v) is 3.16. The Morgan fingerprint density at radius 3 is 2.50 bits per heavy atom. The Kier molecular flexibility index (Phi) is 1.58. The largest absolute Gasteiger partial charge is 0.499 e. The molecule has 0 radical (unpaired) electrons. The van der Waals surface area contributed by atoms with Crippen LogP contribution in [0.5, 0.6) is 5.06 Å². The number of hydrogen-bond acceptors (Lipinski definition) is 2. The summed E-state index contributed by atoms with van der Waals surface area (Å²) in [6.07, 6.45) is 0. The van der Waals surface area contributed by atoms with Crippen molar-refractivity contribution in [1.82, 2.24) is 0 Å². The molecule has 0 saturated heterocycles. The number of aryl methyl sites for hydroxylation is 2. The van der Waals surface area contributed by atoms with Crippen LogP contribution in [-0.4, -0.2) is 5.11 Å². The van der Waals surface area contributed by atoms with Gasteiger partial charge in [0.25, 0.3) is 0 Å². The molecular formula is C10H10OS. The van der Waals surface area contributed by atoms with Gasteiger partial charge in [-0.25, -0.2) is 0 Å². The van der Waals surface area contributed by atoms with Crippen molar-refractivity contribution in [1.29, 1.82) is 0 Å². The lowest BCUT2D eigenvalue weighted by molar-refractivity contribution is 0.491. The molecule has 0 aliphatic carbocycles. The van der Waals surface area contributed by atoms with Crippen molar-refractivity contribution in [3.05, 3.63) is 29.3 Å². The zero-order valence-corrected chi connectivity index (χ0v) is 7.90. The minimum Gasteiger partial charge on any atom is -0.499 e. The van der Waals surface area contributed by atoms with Crippen LogP contribution in [-0.2, 0) is 0 Å². The van der Waals surface area contributed by atoms with E-state index in [1.54, 1.807) is 0 Å². The minimum absolute atomic E-state index is 0.405. The number of rotatable bonds is 0. The van der Waals surface area contributed by atoms with Crippen LogP contribution in [0.1, 0.15) is 11.1 Å². The molecule has 0 aliphatic rings. The van der Waals surface area contributed by atoms with Crippen LogP contribution in [0.4, 0.5) is 0 Å². The summed E-state index contributed by atoms with van der Waals surface area (Å²) in [4.78, 5) is 0. The van der Waals surface area contributed by atoms with Crippen molar-refractivity contribution in [3.8, 4) is 5.06 Å². The first-order valence-corrected chi connectivity index (χ1v) is 4.69. The van der Waals surface area contributed by atoms with E-state index < -0.39 is 0 Å². The molecule has 1 aromatic heterocycles. The van der Waals surface area contributed by atoms with E-state index >= 15 is 0 Å². The maximum atomic E-state index is 9.32. The molecule has 12 heavy (non-hydrogen) atoms. The quantitative estimate of drug-likeness (QED) is 0.656. The summed E-state index contributed by atoms with van der Waals surface area (Å²) in [5.41, 5.74) is 2.47. The number of benzene rings is 1. The molecule has 0 atom stereocenters. The second kappa shape index (κ2) is 2.49. The predicted octanol–water partition coefficient (Wildman–Crippen LogP) is 3.22. The third-order valence-electron chi connectivity index (χ3n) is 2.09. The lowest BCUT2D eigenvalue weighted by Crippen LogP contribution is -1.75. The van der Waals surface area contributed by atoms with Crippen LogP contribution in [0.3, 0.4) is 0 Å². The van der Waals surface area contributed by atoms with Gasteiger partial charge in [0.15, 0.2) is 5.06 Å². The Morgan fingerprint density at radius 1 is 1.17 bits per heavy atom. The van der Waals surface area contributed by atoms with Gasteiger partial charge in [-0.1, -0.05) is 23.5 Å². The number of fused-ring (bicyclic) bond motifs is 1. The smallest absolute Gasteiger partial charge is 0.172 e. The van der Waals surface area contributed by atoms with Crippen LogP contribution < -0.4 is 0 Å². The first-order valence-electron chi connectivity index (χ1n) is 3.87. The van der Waals surface area contributed by atoms with Gasteiger partial charge in [-0.05, 0) is 36.4 Å². The second-order valence-corrected chi connectivity index (χ2v) is 4.06. The summed E-state index contributed by atoms with van der Waals surface area (Å²) in [7, 11) is 0. The Labute approximate surface area is 75.3 Å². The molecule has 0 unspecified atom stereocenters. The summed E-state index contributed by atoms with van der Waals surface area (Å²) < 4.78 is 1.20. The van der Waals surface area contributed by atoms with E-state index in [9.17, 15) is 5.11 Å². The Morgan fingerprint density at radius 2 is 1.83 bits per heavy atom. The topological polar surface area (TPSA) is 20.2 Å². The summed E-state index contributed by atoms with van der Waals surface area (Å²) in [5, 5.41) is 10.9. The van der Waals surface area contributed by atoms with Crippen molar-refractivity contribution < 1.29 is 5.11 Å². The fourth-order valence-corrected chi connectivity index (χ4v) is 2.32. The molecule has 0 saturated carbocycles. The van der Waals surface area contributed by atoms with Gasteiger partial charge in [0.1, 0.15) is 0 Å². The molecule has 1 heterocycles. The molecule has 2 rings (SSSR count). The van der Waals surface area contributed by atoms with E-state index in [4.69, 9.17) is 0 Å². The highest BCUT2D eigenvalue weighted by atomic mass is 32.1. The zero-order chi connectivity index (χ0) is 8.72. The van der Waals surface area contributed by atoms with Crippen LogP contribution in [0.15, 0.2) is 18.2 Å². The molecule has 2 aromatic rings. The highest BCUT2D eigenvalue weighted by molar-refractivity contribution is 7.20. The van der Waals surface area contributed by atoms with E-state index in [0.29, 0.717) is 5.06 Å². The summed E-state index contributed by atoms with van der Waals surface area (Å²) in [6.45, 7) is 4.13. The summed E-state index contributed by atoms with van der Waals surface area (Å²) in [5.74, 6) is 0. The van der Waals surface area contributed by atoms with Crippen molar-refractivity contribution in [2.24, 2.45) is 0 Å². The first kappa shape index (κ1) is 7.62. The molecule has 1 nitrogen and oxygen atoms in total. The standard InChI is InChI=1S/C10H10OS/c1-6-3-4-7(2)10-8(6)5-9(11)12-10/h3-5,11H,1-2H3. The van der Waals surface area contributed by atoms with Gasteiger partial charge in [0.2, 0.25) is 0 Å². The van der Waals surface area contributed by atoms with Crippen LogP contribution >= 0.6 is 11.3 Å². The molecule has 62 valence electrons. The summed E-state index contributed by atoms with van der Waals surface area (Å²) >= 11 is 1.45. The van der Waals surface area contributed by atoms with Crippen molar-refractivity contribution in [3.63, 3.8) is 0 Å². The van der Waals surface area contributed by atoms with Gasteiger partial charge in [0.05, 0.1) is 0 Å². The van der Waals surface area contributed by atoms with Gasteiger partial charge in [-0.15, -0.1) is 0 Å². The van der Waals surface area contributed by atoms with E-state index in [0.717, 1.165) is 0 Å². The minimum atomic E-state index is 0.405. The van der Waals surface area contributed by atoms with E-state index in [2.05, 4.69) is 26.0 Å². The van der Waals surface area contributed by atoms with Crippen molar-refractivity contribution in [2.75, 3.05) is 0 Å². The SMILES string of the molecule is Cc1ccc(C)c2sc(O)cc12. The lowest BCUT2D eigenvalue weighted by Gasteiger charge is -1.97. The molecule has 0 fully saturated rings. The van der Waals surface area contributed by atoms with Gasteiger partial charge < -0.3 is 5.11 Å². The monoisotopic (exact) mass is 178 g/mol. The lowest BCUT2D eigenvalue weighted by atomic mass is 10.1. The maximum absolute atomic E-state index is 9.32. The molecule has 0 aliphatic heterocycles. The van der Waals surface area contributed by atoms with E-state index in [-0.39, 0.29) is 0 Å². The van der Waals surface area contributed by atoms with Gasteiger partial charge in [0, 0.05) is 4.70 Å². The molecular weight excluding hydrogens is 168 g/mol. The van der Waals surface area contributed by atoms with Crippen LogP contribution in [0.2, 0.25) is 0 Å². The Bertz CT molecular complexity index is 390. The highest BCUT2D eigenvalue weighted by Gasteiger charge is 2.04. The van der Waals surface area contributed by atoms with Gasteiger partial charge in [-0.2, -0.15) is 0 Å². The Hall–Kier alpha value is -1.02. The molecule has 2 heteroatoms. The average molecular weight is 178 g/mol. The normalized spacial score (nSPS) is 10.8.